The average molecular weight is 524 g/mol. The van der Waals surface area contributed by atoms with Gasteiger partial charge in [-0.25, -0.2) is 4.39 Å². The van der Waals surface area contributed by atoms with Crippen molar-refractivity contribution in [1.82, 2.24) is 10.3 Å². The fraction of sp³-hybridized carbons (Fsp3) is 0.250. The number of nitrogens with one attached hydrogen (secondary N) is 3. The summed E-state index contributed by atoms with van der Waals surface area (Å²) in [4.78, 5) is 16.3. The second-order valence-electron chi connectivity index (χ2n) is 8.30. The predicted molar refractivity (Wildman–Crippen MR) is 143 cm³/mol. The topological polar surface area (TPSA) is 103 Å². The summed E-state index contributed by atoms with van der Waals surface area (Å²) in [6, 6.07) is 11.1. The average Bonchev–Trinajstić information content (AvgIpc) is 3.33. The van der Waals surface area contributed by atoms with Crippen molar-refractivity contribution in [3.8, 4) is 28.7 Å². The number of halogens is 1. The zero-order valence-electron chi connectivity index (χ0n) is 21.9. The first-order chi connectivity index (χ1) is 18.4. The molecule has 0 unspecified atom stereocenters. The molecule has 0 radical (unpaired) electrons. The van der Waals surface area contributed by atoms with Crippen LogP contribution < -0.4 is 34.3 Å². The fourth-order valence-corrected chi connectivity index (χ4v) is 4.25. The number of ether oxygens (including phenoxy) is 5. The van der Waals surface area contributed by atoms with Gasteiger partial charge in [0.25, 0.3) is 5.91 Å². The third-order valence-corrected chi connectivity index (χ3v) is 6.12. The first-order valence-electron chi connectivity index (χ1n) is 11.8. The number of fused-ring (bicyclic) bond motifs is 1. The van der Waals surface area contributed by atoms with Crippen LogP contribution in [-0.4, -0.2) is 53.0 Å². The molecule has 200 valence electrons. The highest BCUT2D eigenvalue weighted by Crippen LogP contribution is 2.41. The normalized spacial score (nSPS) is 10.7. The molecular weight excluding hydrogens is 493 g/mol. The number of rotatable bonds is 11. The van der Waals surface area contributed by atoms with Gasteiger partial charge in [0, 0.05) is 47.5 Å². The molecule has 0 aliphatic carbocycles. The van der Waals surface area contributed by atoms with Crippen molar-refractivity contribution >= 4 is 28.2 Å². The molecule has 0 spiro atoms. The summed E-state index contributed by atoms with van der Waals surface area (Å²) < 4.78 is 41.1. The third kappa shape index (κ3) is 5.39. The van der Waals surface area contributed by atoms with Gasteiger partial charge in [-0.05, 0) is 36.2 Å². The number of benzene rings is 3. The van der Waals surface area contributed by atoms with Gasteiger partial charge < -0.3 is 39.3 Å². The lowest BCUT2D eigenvalue weighted by molar-refractivity contribution is 0.0955. The Morgan fingerprint density at radius 1 is 0.842 bits per heavy atom. The number of carbonyl (C=O) groups excluding carboxylic acids is 1. The van der Waals surface area contributed by atoms with Gasteiger partial charge >= 0.3 is 0 Å². The maximum absolute atomic E-state index is 14.2. The van der Waals surface area contributed by atoms with Gasteiger partial charge in [-0.2, -0.15) is 0 Å². The van der Waals surface area contributed by atoms with Crippen LogP contribution in [0.2, 0.25) is 0 Å². The predicted octanol–water partition coefficient (Wildman–Crippen LogP) is 5.07. The highest BCUT2D eigenvalue weighted by atomic mass is 19.1. The molecule has 0 atom stereocenters. The van der Waals surface area contributed by atoms with E-state index in [-0.39, 0.29) is 11.5 Å². The van der Waals surface area contributed by atoms with E-state index >= 15 is 0 Å². The van der Waals surface area contributed by atoms with Crippen LogP contribution in [0.1, 0.15) is 15.9 Å². The molecular formula is C28H30FN3O6. The number of aromatic amines is 1. The molecule has 0 saturated heterocycles. The molecule has 0 saturated carbocycles. The number of methoxy groups -OCH3 is 5. The lowest BCUT2D eigenvalue weighted by Crippen LogP contribution is -2.26. The van der Waals surface area contributed by atoms with Crippen LogP contribution >= 0.6 is 0 Å². The molecule has 4 rings (SSSR count). The molecule has 0 bridgehead atoms. The number of amides is 1. The molecule has 9 nitrogen and oxygen atoms in total. The molecule has 0 fully saturated rings. The van der Waals surface area contributed by atoms with Crippen LogP contribution in [0.5, 0.6) is 28.7 Å². The van der Waals surface area contributed by atoms with E-state index < -0.39 is 5.82 Å². The molecule has 3 aromatic carbocycles. The minimum Gasteiger partial charge on any atom is -0.493 e. The summed E-state index contributed by atoms with van der Waals surface area (Å²) in [6.07, 6.45) is 2.46. The molecule has 4 aromatic rings. The summed E-state index contributed by atoms with van der Waals surface area (Å²) in [6.45, 7) is 0.362. The van der Waals surface area contributed by atoms with Crippen LogP contribution in [0.15, 0.2) is 48.7 Å². The van der Waals surface area contributed by atoms with E-state index in [0.29, 0.717) is 53.1 Å². The van der Waals surface area contributed by atoms with E-state index in [0.717, 1.165) is 16.5 Å². The first kappa shape index (κ1) is 26.5. The molecule has 38 heavy (non-hydrogen) atoms. The van der Waals surface area contributed by atoms with Crippen molar-refractivity contribution in [3.63, 3.8) is 0 Å². The van der Waals surface area contributed by atoms with E-state index in [2.05, 4.69) is 15.6 Å². The monoisotopic (exact) mass is 523 g/mol. The first-order valence-corrected chi connectivity index (χ1v) is 11.8. The number of hydrogen-bond donors (Lipinski definition) is 3. The number of hydrogen-bond acceptors (Lipinski definition) is 7. The third-order valence-electron chi connectivity index (χ3n) is 6.12. The number of carbonyl (C=O) groups is 1. The molecule has 1 aromatic heterocycles. The molecule has 3 N–H and O–H groups in total. The lowest BCUT2D eigenvalue weighted by Gasteiger charge is -2.17. The van der Waals surface area contributed by atoms with Crippen molar-refractivity contribution < 1.29 is 32.9 Å². The van der Waals surface area contributed by atoms with Crippen molar-refractivity contribution in [2.45, 2.75) is 6.42 Å². The summed E-state index contributed by atoms with van der Waals surface area (Å²) in [7, 11) is 7.68. The summed E-state index contributed by atoms with van der Waals surface area (Å²) in [5.74, 6) is 1.68. The van der Waals surface area contributed by atoms with Crippen molar-refractivity contribution in [1.29, 1.82) is 0 Å². The Balaban J connectivity index is 1.51. The Morgan fingerprint density at radius 2 is 1.50 bits per heavy atom. The smallest absolute Gasteiger partial charge is 0.253 e. The molecule has 1 heterocycles. The quantitative estimate of drug-likeness (QED) is 0.252. The van der Waals surface area contributed by atoms with Crippen molar-refractivity contribution in [3.05, 3.63) is 65.6 Å². The second kappa shape index (κ2) is 11.6. The van der Waals surface area contributed by atoms with Gasteiger partial charge in [-0.3, -0.25) is 4.79 Å². The number of anilines is 2. The Labute approximate surface area is 219 Å². The van der Waals surface area contributed by atoms with Crippen LogP contribution in [0, 0.1) is 5.82 Å². The molecule has 1 amide bonds. The SMILES string of the molecule is COc1cc2[nH]cc(CCNC(=O)c3ccc(F)cc3Nc3cc(OC)c(OC)c(OC)c3)c2cc1OC. The summed E-state index contributed by atoms with van der Waals surface area (Å²) in [5, 5.41) is 7.00. The Morgan fingerprint density at radius 3 is 2.13 bits per heavy atom. The van der Waals surface area contributed by atoms with E-state index in [1.54, 1.807) is 26.4 Å². The fourth-order valence-electron chi connectivity index (χ4n) is 4.25. The van der Waals surface area contributed by atoms with Crippen molar-refractivity contribution in [2.24, 2.45) is 0 Å². The van der Waals surface area contributed by atoms with Gasteiger partial charge in [0.15, 0.2) is 23.0 Å². The maximum Gasteiger partial charge on any atom is 0.253 e. The molecule has 0 aliphatic heterocycles. The number of aromatic nitrogens is 1. The minimum absolute atomic E-state index is 0.283. The maximum atomic E-state index is 14.2. The Hall–Kier alpha value is -4.60. The van der Waals surface area contributed by atoms with Gasteiger partial charge in [0.05, 0.1) is 46.8 Å². The highest BCUT2D eigenvalue weighted by Gasteiger charge is 2.17. The van der Waals surface area contributed by atoms with Gasteiger partial charge in [0.1, 0.15) is 5.82 Å². The number of H-pyrrole nitrogens is 1. The summed E-state index contributed by atoms with van der Waals surface area (Å²) >= 11 is 0. The van der Waals surface area contributed by atoms with E-state index in [1.165, 1.54) is 39.5 Å². The molecule has 0 aliphatic rings. The zero-order chi connectivity index (χ0) is 27.2. The molecule has 10 heteroatoms. The van der Waals surface area contributed by atoms with Crippen LogP contribution in [0.4, 0.5) is 15.8 Å². The van der Waals surface area contributed by atoms with Gasteiger partial charge in [-0.15, -0.1) is 0 Å². The Bertz CT molecular complexity index is 1430. The second-order valence-corrected chi connectivity index (χ2v) is 8.30. The minimum atomic E-state index is -0.486. The van der Waals surface area contributed by atoms with Gasteiger partial charge in [-0.1, -0.05) is 0 Å². The largest absolute Gasteiger partial charge is 0.493 e. The standard InChI is InChI=1S/C28H30FN3O6/c1-34-23-13-20-16(15-31-21(20)14-24(23)35-2)8-9-30-28(33)19-7-6-17(29)10-22(19)32-18-11-25(36-3)27(38-5)26(12-18)37-4/h6-7,10-15,31-32H,8-9H2,1-5H3,(H,30,33). The van der Waals surface area contributed by atoms with E-state index in [1.807, 2.05) is 18.3 Å². The van der Waals surface area contributed by atoms with E-state index in [9.17, 15) is 9.18 Å². The Kier molecular flexibility index (Phi) is 8.10. The van der Waals surface area contributed by atoms with Crippen LogP contribution in [0.3, 0.4) is 0 Å². The zero-order valence-corrected chi connectivity index (χ0v) is 21.9. The van der Waals surface area contributed by atoms with Crippen molar-refractivity contribution in [2.75, 3.05) is 47.4 Å². The van der Waals surface area contributed by atoms with Crippen LogP contribution in [-0.2, 0) is 6.42 Å². The van der Waals surface area contributed by atoms with E-state index in [4.69, 9.17) is 23.7 Å². The van der Waals surface area contributed by atoms with Gasteiger partial charge in [0.2, 0.25) is 5.75 Å². The lowest BCUT2D eigenvalue weighted by atomic mass is 10.1. The van der Waals surface area contributed by atoms with Crippen LogP contribution in [0.25, 0.3) is 10.9 Å². The highest BCUT2D eigenvalue weighted by molar-refractivity contribution is 6.00. The summed E-state index contributed by atoms with van der Waals surface area (Å²) in [5.41, 5.74) is 3.02.